The van der Waals surface area contributed by atoms with Crippen LogP contribution in [0.5, 0.6) is 0 Å². The van der Waals surface area contributed by atoms with Gasteiger partial charge < -0.3 is 10.0 Å². The lowest BCUT2D eigenvalue weighted by atomic mass is 10.2. The first-order valence-corrected chi connectivity index (χ1v) is 6.49. The van der Waals surface area contributed by atoms with Gasteiger partial charge in [0.25, 0.3) is 12.4 Å². The number of carbonyl (C=O) groups excluding carboxylic acids is 1. The first-order valence-electron chi connectivity index (χ1n) is 6.49. The average molecular weight is 266 g/mol. The molecule has 1 saturated heterocycles. The van der Waals surface area contributed by atoms with Crippen molar-refractivity contribution in [2.45, 2.75) is 33.6 Å². The molecular formula is C14H22N2O3. The van der Waals surface area contributed by atoms with Crippen molar-refractivity contribution in [3.05, 3.63) is 29.6 Å². The zero-order valence-corrected chi connectivity index (χ0v) is 11.8. The van der Waals surface area contributed by atoms with Gasteiger partial charge in [0.05, 0.1) is 0 Å². The fourth-order valence-corrected chi connectivity index (χ4v) is 1.68. The Morgan fingerprint density at radius 2 is 1.84 bits per heavy atom. The summed E-state index contributed by atoms with van der Waals surface area (Å²) in [4.78, 5) is 26.2. The summed E-state index contributed by atoms with van der Waals surface area (Å²) in [6.45, 7) is 7.49. The molecule has 0 aromatic carbocycles. The molecule has 0 atom stereocenters. The third-order valence-corrected chi connectivity index (χ3v) is 2.52. The Balaban J connectivity index is 0.000000573. The number of carboxylic acid groups (broad SMARTS) is 1. The van der Waals surface area contributed by atoms with Crippen LogP contribution in [0.2, 0.25) is 0 Å². The molecule has 19 heavy (non-hydrogen) atoms. The minimum Gasteiger partial charge on any atom is -0.483 e. The zero-order valence-electron chi connectivity index (χ0n) is 11.8. The molecule has 1 amide bonds. The predicted octanol–water partition coefficient (Wildman–Crippen LogP) is 2.35. The number of nitrogens with zero attached hydrogens (tertiary/aromatic N) is 2. The van der Waals surface area contributed by atoms with E-state index in [9.17, 15) is 4.79 Å². The lowest BCUT2D eigenvalue weighted by Gasteiger charge is -2.14. The highest BCUT2D eigenvalue weighted by Crippen LogP contribution is 2.11. The van der Waals surface area contributed by atoms with E-state index < -0.39 is 0 Å². The SMILES string of the molecule is CC.Cc1ccc(C(=O)N2CCCC2)nc1.O=CO. The fraction of sp³-hybridized carbons (Fsp3) is 0.500. The van der Waals surface area contributed by atoms with Crippen LogP contribution in [-0.4, -0.2) is 40.5 Å². The molecule has 5 heteroatoms. The van der Waals surface area contributed by atoms with Crippen molar-refractivity contribution in [3.8, 4) is 0 Å². The fourth-order valence-electron chi connectivity index (χ4n) is 1.68. The number of hydrogen-bond acceptors (Lipinski definition) is 3. The van der Waals surface area contributed by atoms with Crippen LogP contribution in [-0.2, 0) is 4.79 Å². The van der Waals surface area contributed by atoms with Gasteiger partial charge in [0.1, 0.15) is 5.69 Å². The zero-order chi connectivity index (χ0) is 14.7. The van der Waals surface area contributed by atoms with Crippen LogP contribution in [0.25, 0.3) is 0 Å². The summed E-state index contributed by atoms with van der Waals surface area (Å²) in [7, 11) is 0. The van der Waals surface area contributed by atoms with Gasteiger partial charge in [-0.1, -0.05) is 19.9 Å². The van der Waals surface area contributed by atoms with Gasteiger partial charge >= 0.3 is 0 Å². The smallest absolute Gasteiger partial charge is 0.290 e. The highest BCUT2D eigenvalue weighted by atomic mass is 16.3. The van der Waals surface area contributed by atoms with E-state index in [1.165, 1.54) is 0 Å². The molecule has 0 unspecified atom stereocenters. The van der Waals surface area contributed by atoms with Gasteiger partial charge in [0.15, 0.2) is 0 Å². The van der Waals surface area contributed by atoms with Gasteiger partial charge in [-0.3, -0.25) is 14.6 Å². The Labute approximate surface area is 114 Å². The van der Waals surface area contributed by atoms with Gasteiger partial charge in [0.2, 0.25) is 0 Å². The number of likely N-dealkylation sites (tertiary alicyclic amines) is 1. The van der Waals surface area contributed by atoms with Crippen LogP contribution >= 0.6 is 0 Å². The van der Waals surface area contributed by atoms with Crippen LogP contribution in [0.15, 0.2) is 18.3 Å². The van der Waals surface area contributed by atoms with Gasteiger partial charge in [-0.15, -0.1) is 0 Å². The maximum atomic E-state index is 11.8. The molecule has 0 aliphatic carbocycles. The van der Waals surface area contributed by atoms with E-state index in [0.717, 1.165) is 31.5 Å². The summed E-state index contributed by atoms with van der Waals surface area (Å²) in [5.74, 6) is 0.0718. The largest absolute Gasteiger partial charge is 0.483 e. The molecule has 0 radical (unpaired) electrons. The minimum absolute atomic E-state index is 0.0718. The van der Waals surface area contributed by atoms with E-state index in [2.05, 4.69) is 4.98 Å². The van der Waals surface area contributed by atoms with E-state index in [-0.39, 0.29) is 12.4 Å². The molecule has 1 aromatic rings. The summed E-state index contributed by atoms with van der Waals surface area (Å²) in [5, 5.41) is 6.89. The van der Waals surface area contributed by atoms with Crippen molar-refractivity contribution in [3.63, 3.8) is 0 Å². The third-order valence-electron chi connectivity index (χ3n) is 2.52. The summed E-state index contributed by atoms with van der Waals surface area (Å²) in [6.07, 6.45) is 3.98. The number of aromatic nitrogens is 1. The molecule has 2 heterocycles. The quantitative estimate of drug-likeness (QED) is 0.792. The normalized spacial score (nSPS) is 12.7. The number of rotatable bonds is 1. The maximum absolute atomic E-state index is 11.8. The van der Waals surface area contributed by atoms with Crippen molar-refractivity contribution in [1.29, 1.82) is 0 Å². The second kappa shape index (κ2) is 10.1. The average Bonchev–Trinajstić information content (AvgIpc) is 2.96. The monoisotopic (exact) mass is 266 g/mol. The number of amides is 1. The second-order valence-electron chi connectivity index (χ2n) is 3.83. The molecular weight excluding hydrogens is 244 g/mol. The van der Waals surface area contributed by atoms with Crippen molar-refractivity contribution in [2.24, 2.45) is 0 Å². The number of aryl methyl sites for hydroxylation is 1. The Morgan fingerprint density at radius 3 is 2.26 bits per heavy atom. The summed E-state index contributed by atoms with van der Waals surface area (Å²) < 4.78 is 0. The molecule has 5 nitrogen and oxygen atoms in total. The van der Waals surface area contributed by atoms with E-state index in [4.69, 9.17) is 9.90 Å². The van der Waals surface area contributed by atoms with Gasteiger partial charge in [-0.05, 0) is 31.4 Å². The van der Waals surface area contributed by atoms with Gasteiger partial charge in [-0.2, -0.15) is 0 Å². The Hall–Kier alpha value is -1.91. The van der Waals surface area contributed by atoms with Crippen LogP contribution < -0.4 is 0 Å². The molecule has 1 aliphatic rings. The van der Waals surface area contributed by atoms with Crippen molar-refractivity contribution in [1.82, 2.24) is 9.88 Å². The van der Waals surface area contributed by atoms with Crippen molar-refractivity contribution >= 4 is 12.4 Å². The summed E-state index contributed by atoms with van der Waals surface area (Å²) in [6, 6.07) is 3.73. The molecule has 0 bridgehead atoms. The number of carbonyl (C=O) groups is 2. The highest BCUT2D eigenvalue weighted by molar-refractivity contribution is 5.92. The van der Waals surface area contributed by atoms with E-state index in [1.54, 1.807) is 12.3 Å². The molecule has 1 fully saturated rings. The topological polar surface area (TPSA) is 70.5 Å². The molecule has 106 valence electrons. The Morgan fingerprint density at radius 1 is 1.32 bits per heavy atom. The maximum Gasteiger partial charge on any atom is 0.290 e. The molecule has 2 rings (SSSR count). The van der Waals surface area contributed by atoms with Gasteiger partial charge in [-0.25, -0.2) is 0 Å². The van der Waals surface area contributed by atoms with Crippen LogP contribution in [0.4, 0.5) is 0 Å². The first kappa shape index (κ1) is 17.1. The van der Waals surface area contributed by atoms with Gasteiger partial charge in [0, 0.05) is 19.3 Å². The van der Waals surface area contributed by atoms with Crippen LogP contribution in [0, 0.1) is 6.92 Å². The van der Waals surface area contributed by atoms with E-state index >= 15 is 0 Å². The lowest BCUT2D eigenvalue weighted by molar-refractivity contribution is -0.122. The van der Waals surface area contributed by atoms with Crippen LogP contribution in [0.1, 0.15) is 42.7 Å². The van der Waals surface area contributed by atoms with Crippen LogP contribution in [0.3, 0.4) is 0 Å². The Kier molecular flexibility index (Phi) is 9.04. The van der Waals surface area contributed by atoms with E-state index in [1.807, 2.05) is 31.7 Å². The van der Waals surface area contributed by atoms with E-state index in [0.29, 0.717) is 5.69 Å². The minimum atomic E-state index is -0.250. The standard InChI is InChI=1S/C11H14N2O.C2H6.CH2O2/c1-9-4-5-10(12-8-9)11(14)13-6-2-3-7-13;1-2;2-1-3/h4-5,8H,2-3,6-7H2,1H3;1-2H3;1H,(H,2,3). The number of pyridine rings is 1. The number of hydrogen-bond donors (Lipinski definition) is 1. The second-order valence-corrected chi connectivity index (χ2v) is 3.83. The van der Waals surface area contributed by atoms with Crippen molar-refractivity contribution < 1.29 is 14.7 Å². The molecule has 1 N–H and O–H groups in total. The Bertz CT molecular complexity index is 371. The predicted molar refractivity (Wildman–Crippen MR) is 74.2 cm³/mol. The summed E-state index contributed by atoms with van der Waals surface area (Å²) >= 11 is 0. The third kappa shape index (κ3) is 5.99. The van der Waals surface area contributed by atoms with Crippen molar-refractivity contribution in [2.75, 3.05) is 13.1 Å². The first-order chi connectivity index (χ1) is 9.19. The molecule has 0 spiro atoms. The lowest BCUT2D eigenvalue weighted by Crippen LogP contribution is -2.28. The summed E-state index contributed by atoms with van der Waals surface area (Å²) in [5.41, 5.74) is 1.65. The molecule has 1 aliphatic heterocycles. The molecule has 0 saturated carbocycles. The molecule has 1 aromatic heterocycles. The highest BCUT2D eigenvalue weighted by Gasteiger charge is 2.19.